The highest BCUT2D eigenvalue weighted by atomic mass is 35.5. The van der Waals surface area contributed by atoms with Gasteiger partial charge in [0.15, 0.2) is 11.6 Å². The Morgan fingerprint density at radius 1 is 1.08 bits per heavy atom. The number of nitrogens with zero attached hydrogens (tertiary/aromatic N) is 5. The summed E-state index contributed by atoms with van der Waals surface area (Å²) >= 11 is 18.3. The number of hydrogen-bond acceptors (Lipinski definition) is 7. The monoisotopic (exact) mass is 568 g/mol. The topological polar surface area (TPSA) is 116 Å². The van der Waals surface area contributed by atoms with E-state index in [0.29, 0.717) is 22.0 Å². The molecule has 2 N–H and O–H groups in total. The van der Waals surface area contributed by atoms with Crippen LogP contribution in [-0.2, 0) is 6.42 Å². The van der Waals surface area contributed by atoms with Gasteiger partial charge in [0.1, 0.15) is 17.1 Å². The van der Waals surface area contributed by atoms with Crippen molar-refractivity contribution >= 4 is 40.6 Å². The second-order valence-corrected chi connectivity index (χ2v) is 9.43. The summed E-state index contributed by atoms with van der Waals surface area (Å²) in [4.78, 5) is 0. The van der Waals surface area contributed by atoms with Crippen molar-refractivity contribution in [2.45, 2.75) is 13.3 Å². The molecule has 0 aliphatic carbocycles. The number of aryl methyl sites for hydroxylation is 1. The van der Waals surface area contributed by atoms with Gasteiger partial charge in [-0.2, -0.15) is 10.4 Å². The summed E-state index contributed by atoms with van der Waals surface area (Å²) in [5.74, 6) is -0.229. The van der Waals surface area contributed by atoms with Crippen LogP contribution in [0.3, 0.4) is 0 Å². The molecular formula is C26H16Cl3FN6O2. The molecule has 0 atom stereocenters. The van der Waals surface area contributed by atoms with Crippen LogP contribution >= 0.6 is 34.8 Å². The minimum atomic E-state index is -0.722. The minimum absolute atomic E-state index is 0.0350. The number of nitrogen functional groups attached to an aromatic ring is 1. The minimum Gasteiger partial charge on any atom is -0.453 e. The number of nitrogens with two attached hydrogens (primary N) is 1. The molecule has 0 unspecified atom stereocenters. The fraction of sp³-hybridized carbons (Fsp3) is 0.0769. The Morgan fingerprint density at radius 2 is 1.89 bits per heavy atom. The van der Waals surface area contributed by atoms with Crippen molar-refractivity contribution in [3.05, 3.63) is 98.2 Å². The van der Waals surface area contributed by atoms with Gasteiger partial charge in [0.05, 0.1) is 34.5 Å². The highest BCUT2D eigenvalue weighted by Gasteiger charge is 2.23. The Hall–Kier alpha value is -4.10. The van der Waals surface area contributed by atoms with Crippen LogP contribution in [0.25, 0.3) is 17.1 Å². The molecule has 8 nitrogen and oxygen atoms in total. The lowest BCUT2D eigenvalue weighted by molar-refractivity contribution is 0.437. The van der Waals surface area contributed by atoms with E-state index in [-0.39, 0.29) is 56.7 Å². The Kier molecular flexibility index (Phi) is 6.95. The first-order valence-corrected chi connectivity index (χ1v) is 12.2. The summed E-state index contributed by atoms with van der Waals surface area (Å²) in [6.45, 7) is 1.76. The maximum Gasteiger partial charge on any atom is 0.253 e. The number of hydrogen-bond donors (Lipinski definition) is 1. The van der Waals surface area contributed by atoms with Gasteiger partial charge in [0.2, 0.25) is 5.89 Å². The molecule has 0 aliphatic rings. The molecule has 2 heterocycles. The highest BCUT2D eigenvalue weighted by molar-refractivity contribution is 6.32. The molecule has 2 aromatic heterocycles. The largest absolute Gasteiger partial charge is 0.453 e. The van der Waals surface area contributed by atoms with Crippen molar-refractivity contribution in [1.29, 1.82) is 5.26 Å². The fourth-order valence-corrected chi connectivity index (χ4v) is 4.40. The van der Waals surface area contributed by atoms with Crippen molar-refractivity contribution in [3.63, 3.8) is 0 Å². The zero-order valence-corrected chi connectivity index (χ0v) is 21.8. The molecule has 3 aromatic carbocycles. The van der Waals surface area contributed by atoms with E-state index < -0.39 is 5.82 Å². The summed E-state index contributed by atoms with van der Waals surface area (Å²) in [6, 6.07) is 16.3. The van der Waals surface area contributed by atoms with Crippen LogP contribution in [0.4, 0.5) is 10.2 Å². The van der Waals surface area contributed by atoms with Crippen molar-refractivity contribution in [2.75, 3.05) is 5.73 Å². The molecule has 0 radical (unpaired) electrons. The van der Waals surface area contributed by atoms with Gasteiger partial charge in [-0.05, 0) is 49.4 Å². The second kappa shape index (κ2) is 10.3. The van der Waals surface area contributed by atoms with Gasteiger partial charge in [-0.25, -0.2) is 9.07 Å². The van der Waals surface area contributed by atoms with Crippen LogP contribution in [0.1, 0.15) is 22.7 Å². The Labute approximate surface area is 230 Å². The van der Waals surface area contributed by atoms with Gasteiger partial charge in [-0.15, -0.1) is 10.2 Å². The Bertz CT molecular complexity index is 1730. The first-order valence-electron chi connectivity index (χ1n) is 11.0. The van der Waals surface area contributed by atoms with Crippen molar-refractivity contribution < 1.29 is 13.5 Å². The first-order chi connectivity index (χ1) is 18.2. The lowest BCUT2D eigenvalue weighted by Crippen LogP contribution is -2.02. The van der Waals surface area contributed by atoms with Crippen LogP contribution in [-0.4, -0.2) is 20.0 Å². The third-order valence-electron chi connectivity index (χ3n) is 5.52. The van der Waals surface area contributed by atoms with E-state index in [1.54, 1.807) is 25.1 Å². The molecule has 190 valence electrons. The quantitative estimate of drug-likeness (QED) is 0.230. The van der Waals surface area contributed by atoms with Crippen molar-refractivity contribution in [3.8, 4) is 34.7 Å². The van der Waals surface area contributed by atoms with E-state index in [0.717, 1.165) is 0 Å². The predicted octanol–water partition coefficient (Wildman–Crippen LogP) is 7.17. The zero-order valence-electron chi connectivity index (χ0n) is 19.5. The van der Waals surface area contributed by atoms with Crippen molar-refractivity contribution in [2.24, 2.45) is 0 Å². The maximum atomic E-state index is 15.4. The summed E-state index contributed by atoms with van der Waals surface area (Å²) in [5, 5.41) is 22.6. The number of aromatic nitrogens is 4. The van der Waals surface area contributed by atoms with E-state index in [9.17, 15) is 0 Å². The SMILES string of the molecule is Cc1nn(-c2cccc(Cl)c2)c(N)c1-c1nnc(Cc2ccc(Cl)c(Oc3cc(Cl)cc(C#N)c3)c2F)o1. The van der Waals surface area contributed by atoms with Gasteiger partial charge in [-0.3, -0.25) is 0 Å². The molecule has 0 saturated heterocycles. The van der Waals surface area contributed by atoms with E-state index in [1.165, 1.54) is 35.0 Å². The molecular weight excluding hydrogens is 554 g/mol. The van der Waals surface area contributed by atoms with Crippen LogP contribution in [0.5, 0.6) is 11.5 Å². The summed E-state index contributed by atoms with van der Waals surface area (Å²) in [6.07, 6.45) is -0.0489. The van der Waals surface area contributed by atoms with Gasteiger partial charge < -0.3 is 14.9 Å². The lowest BCUT2D eigenvalue weighted by atomic mass is 10.1. The van der Waals surface area contributed by atoms with E-state index >= 15 is 4.39 Å². The fourth-order valence-electron chi connectivity index (χ4n) is 3.81. The lowest BCUT2D eigenvalue weighted by Gasteiger charge is -2.11. The molecule has 0 spiro atoms. The van der Waals surface area contributed by atoms with Crippen LogP contribution in [0.15, 0.2) is 59.0 Å². The Balaban J connectivity index is 1.43. The van der Waals surface area contributed by atoms with E-state index in [4.69, 9.17) is 55.0 Å². The van der Waals surface area contributed by atoms with Crippen molar-refractivity contribution in [1.82, 2.24) is 20.0 Å². The van der Waals surface area contributed by atoms with Crippen LogP contribution < -0.4 is 10.5 Å². The number of halogens is 4. The molecule has 0 saturated carbocycles. The average Bonchev–Trinajstić information content (AvgIpc) is 3.46. The van der Waals surface area contributed by atoms with E-state index in [1.807, 2.05) is 12.1 Å². The summed E-state index contributed by atoms with van der Waals surface area (Å²) in [7, 11) is 0. The molecule has 38 heavy (non-hydrogen) atoms. The van der Waals surface area contributed by atoms with Gasteiger partial charge >= 0.3 is 0 Å². The molecule has 5 aromatic rings. The number of ether oxygens (including phenoxy) is 1. The van der Waals surface area contributed by atoms with E-state index in [2.05, 4.69) is 15.3 Å². The molecule has 5 rings (SSSR count). The third kappa shape index (κ3) is 5.02. The number of benzene rings is 3. The van der Waals surface area contributed by atoms with Crippen LogP contribution in [0.2, 0.25) is 15.1 Å². The van der Waals surface area contributed by atoms with Gasteiger partial charge in [-0.1, -0.05) is 46.9 Å². The zero-order chi connectivity index (χ0) is 27.0. The number of anilines is 1. The standard InChI is InChI=1S/C26H16Cl3FN6O2/c1-13-22(25(32)36(35-13)18-4-2-3-16(27)10-18)26-34-33-21(38-26)9-15-5-6-20(29)24(23(15)30)37-19-8-14(12-31)7-17(28)11-19/h2-8,10-11H,9,32H2,1H3. The third-order valence-corrected chi connectivity index (χ3v) is 6.27. The number of nitriles is 1. The molecule has 0 amide bonds. The van der Waals surface area contributed by atoms with Gasteiger partial charge in [0.25, 0.3) is 5.89 Å². The normalized spacial score (nSPS) is 10.9. The molecule has 0 bridgehead atoms. The average molecular weight is 570 g/mol. The summed E-state index contributed by atoms with van der Waals surface area (Å²) < 4.78 is 28.4. The second-order valence-electron chi connectivity index (χ2n) is 8.15. The first kappa shape index (κ1) is 25.5. The van der Waals surface area contributed by atoms with Gasteiger partial charge in [0, 0.05) is 15.6 Å². The maximum absolute atomic E-state index is 15.4. The highest BCUT2D eigenvalue weighted by Crippen LogP contribution is 2.36. The number of rotatable bonds is 6. The predicted molar refractivity (Wildman–Crippen MR) is 141 cm³/mol. The smallest absolute Gasteiger partial charge is 0.253 e. The summed E-state index contributed by atoms with van der Waals surface area (Å²) in [5.41, 5.74) is 8.49. The molecule has 0 fully saturated rings. The van der Waals surface area contributed by atoms with Crippen LogP contribution in [0, 0.1) is 24.1 Å². The Morgan fingerprint density at radius 3 is 2.66 bits per heavy atom. The molecule has 12 heteroatoms. The molecule has 0 aliphatic heterocycles.